The number of hydrogen-bond donors (Lipinski definition) is 0. The number of benzene rings is 2. The molecule has 0 aliphatic rings. The quantitative estimate of drug-likeness (QED) is 0.401. The van der Waals surface area contributed by atoms with Crippen LogP contribution in [0.1, 0.15) is 11.5 Å². The van der Waals surface area contributed by atoms with Gasteiger partial charge >= 0.3 is 0 Å². The standard InChI is InChI=1S/C20H15BrN2O4/c21-18-11-10-17(26-18)20-23-22-19(27-20)13-25-16-8-6-15(7-9-16)24-12-14-4-2-1-3-5-14/h1-11H,12-13H2. The maximum absolute atomic E-state index is 5.75. The summed E-state index contributed by atoms with van der Waals surface area (Å²) < 4.78 is 22.9. The minimum absolute atomic E-state index is 0.166. The summed E-state index contributed by atoms with van der Waals surface area (Å²) in [6, 6.07) is 20.9. The van der Waals surface area contributed by atoms with Gasteiger partial charge in [0.25, 0.3) is 11.8 Å². The molecule has 2 aromatic carbocycles. The van der Waals surface area contributed by atoms with Gasteiger partial charge in [-0.2, -0.15) is 0 Å². The van der Waals surface area contributed by atoms with Crippen LogP contribution in [-0.4, -0.2) is 10.2 Å². The van der Waals surface area contributed by atoms with Crippen molar-refractivity contribution in [2.45, 2.75) is 13.2 Å². The zero-order chi connectivity index (χ0) is 18.5. The van der Waals surface area contributed by atoms with Crippen LogP contribution in [0.4, 0.5) is 0 Å². The highest BCUT2D eigenvalue weighted by Crippen LogP contribution is 2.24. The number of aromatic nitrogens is 2. The Morgan fingerprint density at radius 3 is 2.11 bits per heavy atom. The van der Waals surface area contributed by atoms with Crippen molar-refractivity contribution in [1.82, 2.24) is 10.2 Å². The van der Waals surface area contributed by atoms with Crippen molar-refractivity contribution < 1.29 is 18.3 Å². The molecule has 27 heavy (non-hydrogen) atoms. The monoisotopic (exact) mass is 426 g/mol. The first-order valence-corrected chi connectivity index (χ1v) is 9.03. The Kier molecular flexibility index (Phi) is 5.20. The number of furan rings is 1. The molecule has 0 spiro atoms. The van der Waals surface area contributed by atoms with Crippen molar-refractivity contribution >= 4 is 15.9 Å². The molecule has 0 bridgehead atoms. The van der Waals surface area contributed by atoms with Crippen LogP contribution in [0.25, 0.3) is 11.7 Å². The number of ether oxygens (including phenoxy) is 2. The third-order valence-corrected chi connectivity index (χ3v) is 4.11. The molecule has 0 atom stereocenters. The van der Waals surface area contributed by atoms with Crippen LogP contribution < -0.4 is 9.47 Å². The predicted octanol–water partition coefficient (Wildman–Crippen LogP) is 5.25. The van der Waals surface area contributed by atoms with E-state index in [0.29, 0.717) is 34.6 Å². The maximum atomic E-state index is 5.75. The van der Waals surface area contributed by atoms with Gasteiger partial charge in [0.05, 0.1) is 0 Å². The molecule has 0 saturated carbocycles. The first-order chi connectivity index (χ1) is 13.3. The first kappa shape index (κ1) is 17.4. The summed E-state index contributed by atoms with van der Waals surface area (Å²) in [6.45, 7) is 0.688. The van der Waals surface area contributed by atoms with Gasteiger partial charge in [-0.1, -0.05) is 30.3 Å². The van der Waals surface area contributed by atoms with E-state index in [1.165, 1.54) is 0 Å². The van der Waals surface area contributed by atoms with E-state index in [0.717, 1.165) is 11.3 Å². The van der Waals surface area contributed by atoms with Gasteiger partial charge in [0.1, 0.15) is 18.1 Å². The average molecular weight is 427 g/mol. The lowest BCUT2D eigenvalue weighted by Crippen LogP contribution is -1.97. The van der Waals surface area contributed by atoms with Crippen molar-refractivity contribution in [3.8, 4) is 23.1 Å². The molecule has 0 aliphatic carbocycles. The minimum atomic E-state index is 0.166. The van der Waals surface area contributed by atoms with Crippen molar-refractivity contribution in [2.24, 2.45) is 0 Å². The average Bonchev–Trinajstić information content (AvgIpc) is 3.35. The van der Waals surface area contributed by atoms with Crippen LogP contribution in [0.15, 0.2) is 80.2 Å². The lowest BCUT2D eigenvalue weighted by molar-refractivity contribution is 0.262. The van der Waals surface area contributed by atoms with Crippen LogP contribution in [0.3, 0.4) is 0 Å². The van der Waals surface area contributed by atoms with Gasteiger partial charge in [-0.3, -0.25) is 0 Å². The summed E-state index contributed by atoms with van der Waals surface area (Å²) in [5, 5.41) is 7.90. The highest BCUT2D eigenvalue weighted by Gasteiger charge is 2.12. The third-order valence-electron chi connectivity index (χ3n) is 3.69. The number of nitrogens with zero attached hydrogens (tertiary/aromatic N) is 2. The molecule has 7 heteroatoms. The predicted molar refractivity (Wildman–Crippen MR) is 101 cm³/mol. The Balaban J connectivity index is 1.30. The Morgan fingerprint density at radius 2 is 1.44 bits per heavy atom. The second kappa shape index (κ2) is 8.09. The number of halogens is 1. The smallest absolute Gasteiger partial charge is 0.283 e. The van der Waals surface area contributed by atoms with Crippen LogP contribution in [0.2, 0.25) is 0 Å². The van der Waals surface area contributed by atoms with Crippen LogP contribution in [-0.2, 0) is 13.2 Å². The third kappa shape index (κ3) is 4.57. The zero-order valence-electron chi connectivity index (χ0n) is 14.2. The Hall–Kier alpha value is -3.06. The minimum Gasteiger partial charge on any atom is -0.489 e. The van der Waals surface area contributed by atoms with Crippen LogP contribution in [0.5, 0.6) is 11.5 Å². The van der Waals surface area contributed by atoms with Gasteiger partial charge in [-0.05, 0) is 57.9 Å². The van der Waals surface area contributed by atoms with E-state index in [-0.39, 0.29) is 6.61 Å². The number of hydrogen-bond acceptors (Lipinski definition) is 6. The van der Waals surface area contributed by atoms with E-state index in [9.17, 15) is 0 Å². The Labute approximate surface area is 163 Å². The van der Waals surface area contributed by atoms with Crippen LogP contribution >= 0.6 is 15.9 Å². The molecule has 136 valence electrons. The second-order valence-corrected chi connectivity index (χ2v) is 6.42. The molecular formula is C20H15BrN2O4. The fraction of sp³-hybridized carbons (Fsp3) is 0.100. The summed E-state index contributed by atoms with van der Waals surface area (Å²) in [5.74, 6) is 2.63. The molecule has 4 rings (SSSR count). The van der Waals surface area contributed by atoms with Gasteiger partial charge in [-0.15, -0.1) is 10.2 Å². The maximum Gasteiger partial charge on any atom is 0.283 e. The molecule has 0 saturated heterocycles. The van der Waals surface area contributed by atoms with E-state index in [4.69, 9.17) is 18.3 Å². The number of rotatable bonds is 7. The van der Waals surface area contributed by atoms with E-state index >= 15 is 0 Å². The van der Waals surface area contributed by atoms with Gasteiger partial charge in [0.2, 0.25) is 0 Å². The summed E-state index contributed by atoms with van der Waals surface area (Å²) in [6.07, 6.45) is 0. The first-order valence-electron chi connectivity index (χ1n) is 8.24. The van der Waals surface area contributed by atoms with E-state index < -0.39 is 0 Å². The molecular weight excluding hydrogens is 412 g/mol. The molecule has 0 fully saturated rings. The zero-order valence-corrected chi connectivity index (χ0v) is 15.8. The van der Waals surface area contributed by atoms with Crippen molar-refractivity contribution in [2.75, 3.05) is 0 Å². The SMILES string of the molecule is Brc1ccc(-c2nnc(COc3ccc(OCc4ccccc4)cc3)o2)o1. The summed E-state index contributed by atoms with van der Waals surface area (Å²) >= 11 is 3.24. The fourth-order valence-corrected chi connectivity index (χ4v) is 2.67. The topological polar surface area (TPSA) is 70.5 Å². The van der Waals surface area contributed by atoms with Gasteiger partial charge in [0, 0.05) is 0 Å². The van der Waals surface area contributed by atoms with Gasteiger partial charge < -0.3 is 18.3 Å². The molecule has 0 amide bonds. The van der Waals surface area contributed by atoms with E-state index in [1.807, 2.05) is 54.6 Å². The Bertz CT molecular complexity index is 996. The Morgan fingerprint density at radius 1 is 0.741 bits per heavy atom. The molecule has 0 N–H and O–H groups in total. The normalized spacial score (nSPS) is 10.7. The van der Waals surface area contributed by atoms with E-state index in [2.05, 4.69) is 26.1 Å². The van der Waals surface area contributed by atoms with E-state index in [1.54, 1.807) is 12.1 Å². The highest BCUT2D eigenvalue weighted by atomic mass is 79.9. The summed E-state index contributed by atoms with van der Waals surface area (Å²) in [5.41, 5.74) is 1.12. The van der Waals surface area contributed by atoms with Gasteiger partial charge in [0.15, 0.2) is 17.0 Å². The lowest BCUT2D eigenvalue weighted by Gasteiger charge is -2.08. The molecule has 0 aliphatic heterocycles. The van der Waals surface area contributed by atoms with Crippen molar-refractivity contribution in [1.29, 1.82) is 0 Å². The largest absolute Gasteiger partial charge is 0.489 e. The molecule has 6 nitrogen and oxygen atoms in total. The molecule has 4 aromatic rings. The van der Waals surface area contributed by atoms with Gasteiger partial charge in [-0.25, -0.2) is 0 Å². The molecule has 2 heterocycles. The highest BCUT2D eigenvalue weighted by molar-refractivity contribution is 9.10. The second-order valence-electron chi connectivity index (χ2n) is 5.64. The fourth-order valence-electron chi connectivity index (χ4n) is 2.36. The molecule has 2 aromatic heterocycles. The molecule has 0 radical (unpaired) electrons. The summed E-state index contributed by atoms with van der Waals surface area (Å²) in [7, 11) is 0. The van der Waals surface area contributed by atoms with Crippen LogP contribution in [0, 0.1) is 0 Å². The summed E-state index contributed by atoms with van der Waals surface area (Å²) in [4.78, 5) is 0. The lowest BCUT2D eigenvalue weighted by atomic mass is 10.2. The molecule has 0 unspecified atom stereocenters. The van der Waals surface area contributed by atoms with Crippen molar-refractivity contribution in [3.63, 3.8) is 0 Å². The van der Waals surface area contributed by atoms with Crippen molar-refractivity contribution in [3.05, 3.63) is 82.9 Å².